The normalized spacial score (nSPS) is 10.9. The van der Waals surface area contributed by atoms with Gasteiger partial charge in [-0.05, 0) is 108 Å². The van der Waals surface area contributed by atoms with Crippen LogP contribution in [0.25, 0.3) is 68.3 Å². The fourth-order valence-electron chi connectivity index (χ4n) is 9.28. The molecule has 0 aliphatic carbocycles. The van der Waals surface area contributed by atoms with Gasteiger partial charge in [0.15, 0.2) is 34.9 Å². The minimum Gasteiger partial charge on any atom is -0.259 e. The minimum absolute atomic E-state index is 0.254. The van der Waals surface area contributed by atoms with Crippen molar-refractivity contribution in [3.05, 3.63) is 216 Å². The summed E-state index contributed by atoms with van der Waals surface area (Å²) < 4.78 is 36.7. The van der Waals surface area contributed by atoms with Gasteiger partial charge in [-0.25, -0.2) is 38.7 Å². The summed E-state index contributed by atoms with van der Waals surface area (Å²) in [7, 11) is 3.77. The Balaban J connectivity index is 0.000000160. The van der Waals surface area contributed by atoms with E-state index < -0.39 is 0 Å². The molecule has 0 aliphatic heterocycles. The average Bonchev–Trinajstić information content (AvgIpc) is 1.72. The number of rotatable bonds is 16. The summed E-state index contributed by atoms with van der Waals surface area (Å²) in [6, 6.07) is 45.8. The van der Waals surface area contributed by atoms with Crippen molar-refractivity contribution in [2.45, 2.75) is 159 Å². The number of nitrogens with zero attached hydrogens (tertiary/aromatic N) is 17. The van der Waals surface area contributed by atoms with E-state index in [1.165, 1.54) is 23.0 Å². The maximum atomic E-state index is 14.0. The molecule has 0 bridgehead atoms. The lowest BCUT2D eigenvalue weighted by atomic mass is 10.0. The Morgan fingerprint density at radius 3 is 1.18 bits per heavy atom. The lowest BCUT2D eigenvalue weighted by Gasteiger charge is -2.06. The Hall–Kier alpha value is -9.98. The first-order valence-corrected chi connectivity index (χ1v) is 32.4. The zero-order valence-electron chi connectivity index (χ0n) is 57.4. The molecule has 0 aliphatic rings. The van der Waals surface area contributed by atoms with Gasteiger partial charge in [0, 0.05) is 56.0 Å². The smallest absolute Gasteiger partial charge is 0.184 e. The van der Waals surface area contributed by atoms with Gasteiger partial charge >= 0.3 is 0 Å². The molecule has 492 valence electrons. The molecule has 12 aromatic rings. The van der Waals surface area contributed by atoms with E-state index in [-0.39, 0.29) is 11.6 Å². The van der Waals surface area contributed by atoms with Crippen LogP contribution in [0.15, 0.2) is 171 Å². The molecule has 20 heteroatoms. The third-order valence-electron chi connectivity index (χ3n) is 15.2. The molecule has 1 N–H and O–H groups in total. The average molecular weight is 1270 g/mol. The molecule has 6 aromatic carbocycles. The van der Waals surface area contributed by atoms with E-state index in [0.717, 1.165) is 95.0 Å². The molecule has 18 nitrogen and oxygen atoms in total. The summed E-state index contributed by atoms with van der Waals surface area (Å²) in [5.74, 6) is 6.86. The van der Waals surface area contributed by atoms with Crippen molar-refractivity contribution in [1.29, 1.82) is 0 Å². The van der Waals surface area contributed by atoms with Crippen molar-refractivity contribution in [2.75, 3.05) is 0 Å². The quantitative estimate of drug-likeness (QED) is 0.0963. The van der Waals surface area contributed by atoms with E-state index in [9.17, 15) is 8.78 Å². The zero-order valence-corrected chi connectivity index (χ0v) is 57.4. The predicted octanol–water partition coefficient (Wildman–Crippen LogP) is 17.3. The molecule has 0 amide bonds. The fraction of sp³-hybridized carbons (Fsp3) is 0.351. The highest BCUT2D eigenvalue weighted by molar-refractivity contribution is 5.59. The van der Waals surface area contributed by atoms with Gasteiger partial charge in [0.25, 0.3) is 0 Å². The van der Waals surface area contributed by atoms with E-state index in [0.29, 0.717) is 52.4 Å². The Labute approximate surface area is 553 Å². The first-order valence-electron chi connectivity index (χ1n) is 32.4. The molecular weight excluding hydrogens is 1180 g/mol. The first-order chi connectivity index (χ1) is 45.1. The van der Waals surface area contributed by atoms with Crippen LogP contribution in [0.4, 0.5) is 8.78 Å². The van der Waals surface area contributed by atoms with E-state index in [1.54, 1.807) is 63.6 Å². The van der Waals surface area contributed by atoms with E-state index in [1.807, 2.05) is 101 Å². The summed E-state index contributed by atoms with van der Waals surface area (Å²) in [6.07, 6.45) is 10.3. The van der Waals surface area contributed by atoms with Gasteiger partial charge in [-0.3, -0.25) is 28.5 Å². The summed E-state index contributed by atoms with van der Waals surface area (Å²) in [6.45, 7) is 32.1. The maximum absolute atomic E-state index is 14.0. The van der Waals surface area contributed by atoms with Gasteiger partial charge in [-0.2, -0.15) is 30.6 Å². The molecule has 0 radical (unpaired) electrons. The van der Waals surface area contributed by atoms with Crippen LogP contribution in [0.2, 0.25) is 0 Å². The van der Waals surface area contributed by atoms with Crippen LogP contribution >= 0.6 is 0 Å². The number of nitrogens with one attached hydrogen (secondary N) is 1. The molecule has 94 heavy (non-hydrogen) atoms. The van der Waals surface area contributed by atoms with Crippen molar-refractivity contribution >= 4 is 0 Å². The lowest BCUT2D eigenvalue weighted by Crippen LogP contribution is -1.97. The Bertz CT molecular complexity index is 4120. The zero-order chi connectivity index (χ0) is 67.8. The largest absolute Gasteiger partial charge is 0.259 e. The number of aromatic nitrogens is 18. The van der Waals surface area contributed by atoms with Gasteiger partial charge in [-0.15, -0.1) is 0 Å². The van der Waals surface area contributed by atoms with Crippen molar-refractivity contribution < 1.29 is 8.78 Å². The topological polar surface area (TPSA) is 195 Å². The van der Waals surface area contributed by atoms with Gasteiger partial charge in [0.1, 0.15) is 49.1 Å². The third kappa shape index (κ3) is 20.8. The highest BCUT2D eigenvalue weighted by Crippen LogP contribution is 2.27. The molecule has 0 spiro atoms. The second-order valence-electron chi connectivity index (χ2n) is 24.3. The van der Waals surface area contributed by atoms with E-state index in [4.69, 9.17) is 0 Å². The Morgan fingerprint density at radius 2 is 0.798 bits per heavy atom. The van der Waals surface area contributed by atoms with Gasteiger partial charge in [-0.1, -0.05) is 198 Å². The molecule has 0 unspecified atom stereocenters. The van der Waals surface area contributed by atoms with Gasteiger partial charge in [0.05, 0.1) is 11.1 Å². The summed E-state index contributed by atoms with van der Waals surface area (Å²) in [4.78, 5) is 25.2. The molecule has 0 atom stereocenters. The van der Waals surface area contributed by atoms with E-state index in [2.05, 4.69) is 201 Å². The van der Waals surface area contributed by atoms with Crippen LogP contribution in [0.5, 0.6) is 0 Å². The molecule has 0 fully saturated rings. The second-order valence-corrected chi connectivity index (χ2v) is 24.3. The van der Waals surface area contributed by atoms with Gasteiger partial charge in [0.2, 0.25) is 0 Å². The Morgan fingerprint density at radius 1 is 0.404 bits per heavy atom. The van der Waals surface area contributed by atoms with Crippen molar-refractivity contribution in [3.8, 4) is 68.3 Å². The van der Waals surface area contributed by atoms with Crippen LogP contribution in [0.1, 0.15) is 166 Å². The van der Waals surface area contributed by atoms with Crippen LogP contribution in [0, 0.1) is 18.6 Å². The number of H-pyrrole nitrogens is 1. The molecular formula is C74H92F2N18. The highest BCUT2D eigenvalue weighted by atomic mass is 19.1. The number of hydrogen-bond donors (Lipinski definition) is 1. The summed E-state index contributed by atoms with van der Waals surface area (Å²) in [5.41, 5.74) is 11.2. The number of benzene rings is 6. The number of aromatic amines is 1. The minimum atomic E-state index is -0.266. The molecule has 0 saturated heterocycles. The van der Waals surface area contributed by atoms with Crippen LogP contribution in [-0.2, 0) is 33.7 Å². The standard InChI is InChI=1S/C14H18FN3.C14H19N3.2C13H17N3.C11H12FN3.C9H9N3/c1-4-7-18-9-16-14(17-18)12-6-5-11(10(2)3)8-13(12)15;1-4-9-17-10-15-14(16-17)13-7-5-12(6-8-13)11(2)3;1-9(2)11-5-7-12(8-6-11)13-14-10(3)16(4)15-13;1-4-16-9-14-13(15-16)12-7-5-11(6-8-12)10(2)3;1-7(2)8-3-4-9(10(12)5-8)11-13-6-14-15-11;1-12-7-10-9(11-12)8-5-3-2-4-6-8/h5-6,8-10H,4,7H2,1-3H3;5-8,10-11H,4,9H2,1-3H3;5-9H,1-4H3;5-10H,4H2,1-3H3;3-7H,1-2H3,(H,13,14,15);2-7H,1H3. The third-order valence-corrected chi connectivity index (χ3v) is 15.2. The van der Waals surface area contributed by atoms with Crippen LogP contribution < -0.4 is 0 Å². The summed E-state index contributed by atoms with van der Waals surface area (Å²) >= 11 is 0. The van der Waals surface area contributed by atoms with Crippen molar-refractivity contribution in [2.24, 2.45) is 14.1 Å². The summed E-state index contributed by atoms with van der Waals surface area (Å²) in [5, 5.41) is 28.0. The predicted molar refractivity (Wildman–Crippen MR) is 372 cm³/mol. The van der Waals surface area contributed by atoms with E-state index >= 15 is 0 Å². The first kappa shape index (κ1) is 71.5. The molecule has 6 heterocycles. The number of hydrogen-bond acceptors (Lipinski definition) is 12. The van der Waals surface area contributed by atoms with Gasteiger partial charge < -0.3 is 0 Å². The van der Waals surface area contributed by atoms with Crippen molar-refractivity contribution in [3.63, 3.8) is 0 Å². The maximum Gasteiger partial charge on any atom is 0.184 e. The fourth-order valence-corrected chi connectivity index (χ4v) is 9.28. The molecule has 12 rings (SSSR count). The van der Waals surface area contributed by atoms with Crippen molar-refractivity contribution in [1.82, 2.24) is 89.0 Å². The Kier molecular flexibility index (Phi) is 26.7. The lowest BCUT2D eigenvalue weighted by molar-refractivity contribution is 0.599. The number of aryl methyl sites for hydroxylation is 6. The molecule has 6 aromatic heterocycles. The molecule has 0 saturated carbocycles. The van der Waals surface area contributed by atoms with Crippen LogP contribution in [-0.4, -0.2) is 89.0 Å². The highest BCUT2D eigenvalue weighted by Gasteiger charge is 2.14. The monoisotopic (exact) mass is 1270 g/mol. The number of halogens is 2. The second kappa shape index (κ2) is 35.2. The SMILES string of the molecule is CC(C)c1ccc(-c2ncn[nH]2)c(F)c1.CCCn1cnc(-c2ccc(C(C)C)cc2)n1.CCCn1cnc(-c2ccc(C(C)C)cc2F)n1.CCn1cnc(-c2ccc(C(C)C)cc2)n1.Cc1nc(-c2ccc(C(C)C)cc2)nn1C.Cn1cnc(-c2ccccc2)n1. The van der Waals surface area contributed by atoms with Crippen LogP contribution in [0.3, 0.4) is 0 Å².